The Bertz CT molecular complexity index is 1070. The Morgan fingerprint density at radius 1 is 1.10 bits per heavy atom. The first kappa shape index (κ1) is 23.3. The molecule has 0 aromatic heterocycles. The highest BCUT2D eigenvalue weighted by Crippen LogP contribution is 2.29. The Hall–Kier alpha value is -2.38. The molecule has 1 heterocycles. The van der Waals surface area contributed by atoms with Gasteiger partial charge in [-0.2, -0.15) is 4.31 Å². The number of benzene rings is 2. The van der Waals surface area contributed by atoms with Gasteiger partial charge in [-0.15, -0.1) is 0 Å². The van der Waals surface area contributed by atoms with Gasteiger partial charge in [0.2, 0.25) is 15.9 Å². The number of sulfonamides is 1. The summed E-state index contributed by atoms with van der Waals surface area (Å²) in [4.78, 5) is 15.0. The molecule has 168 valence electrons. The van der Waals surface area contributed by atoms with Crippen molar-refractivity contribution in [2.45, 2.75) is 45.4 Å². The summed E-state index contributed by atoms with van der Waals surface area (Å²) >= 11 is 0. The van der Waals surface area contributed by atoms with Crippen molar-refractivity contribution in [3.63, 3.8) is 0 Å². The van der Waals surface area contributed by atoms with Crippen molar-refractivity contribution in [3.8, 4) is 5.75 Å². The van der Waals surface area contributed by atoms with Crippen molar-refractivity contribution in [2.24, 2.45) is 5.92 Å². The Morgan fingerprint density at radius 2 is 1.84 bits per heavy atom. The molecule has 2 aromatic carbocycles. The number of piperidine rings is 1. The molecule has 1 saturated heterocycles. The molecule has 0 radical (unpaired) electrons. The lowest BCUT2D eigenvalue weighted by molar-refractivity contribution is -0.123. The molecular weight excluding hydrogens is 412 g/mol. The lowest BCUT2D eigenvalue weighted by Gasteiger charge is -2.33. The third-order valence-corrected chi connectivity index (χ3v) is 7.89. The smallest absolute Gasteiger partial charge is 0.243 e. The number of nitrogens with zero attached hydrogens (tertiary/aromatic N) is 2. The molecule has 31 heavy (non-hydrogen) atoms. The normalized spacial score (nSPS) is 17.4. The highest BCUT2D eigenvalue weighted by Gasteiger charge is 2.35. The predicted molar refractivity (Wildman–Crippen MR) is 123 cm³/mol. The summed E-state index contributed by atoms with van der Waals surface area (Å²) in [6, 6.07) is 10.9. The zero-order chi connectivity index (χ0) is 22.8. The molecule has 1 amide bonds. The summed E-state index contributed by atoms with van der Waals surface area (Å²) < 4.78 is 33.5. The summed E-state index contributed by atoms with van der Waals surface area (Å²) in [7, 11) is -1.92. The highest BCUT2D eigenvalue weighted by molar-refractivity contribution is 7.89. The van der Waals surface area contributed by atoms with Crippen molar-refractivity contribution in [1.82, 2.24) is 4.31 Å². The molecule has 0 spiro atoms. The number of carbonyl (C=O) groups excluding carboxylic acids is 1. The maximum Gasteiger partial charge on any atom is 0.243 e. The fourth-order valence-electron chi connectivity index (χ4n) is 3.95. The zero-order valence-electron chi connectivity index (χ0n) is 19.0. The van der Waals surface area contributed by atoms with E-state index in [-0.39, 0.29) is 23.3 Å². The third-order valence-electron chi connectivity index (χ3n) is 6.03. The van der Waals surface area contributed by atoms with E-state index >= 15 is 0 Å². The topological polar surface area (TPSA) is 66.9 Å². The van der Waals surface area contributed by atoms with Crippen LogP contribution in [0.25, 0.3) is 0 Å². The molecule has 1 fully saturated rings. The third kappa shape index (κ3) is 4.93. The molecule has 3 rings (SSSR count). The van der Waals surface area contributed by atoms with Crippen LogP contribution >= 0.6 is 0 Å². The van der Waals surface area contributed by atoms with E-state index < -0.39 is 10.0 Å². The molecule has 0 unspecified atom stereocenters. The van der Waals surface area contributed by atoms with Crippen molar-refractivity contribution in [1.29, 1.82) is 0 Å². The van der Waals surface area contributed by atoms with Crippen LogP contribution in [0.5, 0.6) is 5.75 Å². The minimum Gasteiger partial charge on any atom is -0.494 e. The first-order valence-electron chi connectivity index (χ1n) is 10.7. The van der Waals surface area contributed by atoms with Crippen molar-refractivity contribution >= 4 is 21.6 Å². The van der Waals surface area contributed by atoms with E-state index in [0.29, 0.717) is 31.7 Å². The fourth-order valence-corrected chi connectivity index (χ4v) is 5.56. The summed E-state index contributed by atoms with van der Waals surface area (Å²) in [5, 5.41) is 0. The summed E-state index contributed by atoms with van der Waals surface area (Å²) in [6.07, 6.45) is 1.34. The molecule has 1 aliphatic rings. The molecule has 6 nitrogen and oxygen atoms in total. The van der Waals surface area contributed by atoms with E-state index in [2.05, 4.69) is 0 Å². The Morgan fingerprint density at radius 3 is 2.48 bits per heavy atom. The molecule has 1 atom stereocenters. The van der Waals surface area contributed by atoms with Crippen LogP contribution in [0, 0.1) is 26.7 Å². The van der Waals surface area contributed by atoms with E-state index in [1.54, 1.807) is 30.1 Å². The van der Waals surface area contributed by atoms with Gasteiger partial charge >= 0.3 is 0 Å². The molecule has 7 heteroatoms. The van der Waals surface area contributed by atoms with Gasteiger partial charge in [0.25, 0.3) is 0 Å². The van der Waals surface area contributed by atoms with Crippen LogP contribution in [0.15, 0.2) is 41.3 Å². The Labute approximate surface area is 185 Å². The maximum atomic E-state index is 13.3. The van der Waals surface area contributed by atoms with Gasteiger partial charge in [-0.1, -0.05) is 6.07 Å². The Balaban J connectivity index is 1.78. The number of aryl methyl sites for hydroxylation is 3. The lowest BCUT2D eigenvalue weighted by Crippen LogP contribution is -2.46. The van der Waals surface area contributed by atoms with Crippen molar-refractivity contribution < 1.29 is 17.9 Å². The number of hydrogen-bond acceptors (Lipinski definition) is 4. The van der Waals surface area contributed by atoms with Crippen LogP contribution in [0.2, 0.25) is 0 Å². The minimum atomic E-state index is -3.68. The van der Waals surface area contributed by atoms with Gasteiger partial charge in [0, 0.05) is 25.8 Å². The monoisotopic (exact) mass is 444 g/mol. The van der Waals surface area contributed by atoms with Crippen LogP contribution in [-0.2, 0) is 14.8 Å². The van der Waals surface area contributed by atoms with Crippen LogP contribution < -0.4 is 9.64 Å². The molecule has 0 aliphatic carbocycles. The SMILES string of the molecule is CCOc1ccc(S(=O)(=O)N2CCC[C@H](C(=O)N(C)c3ccc(C)c(C)c3)C2)cc1C. The average Bonchev–Trinajstić information content (AvgIpc) is 2.76. The van der Waals surface area contributed by atoms with E-state index in [1.807, 2.05) is 45.9 Å². The van der Waals surface area contributed by atoms with E-state index in [9.17, 15) is 13.2 Å². The summed E-state index contributed by atoms with van der Waals surface area (Å²) in [6.45, 7) is 8.93. The first-order chi connectivity index (χ1) is 14.6. The second-order valence-corrected chi connectivity index (χ2v) is 10.2. The number of anilines is 1. The van der Waals surface area contributed by atoms with Gasteiger partial charge in [-0.05, 0) is 87.6 Å². The number of amides is 1. The summed E-state index contributed by atoms with van der Waals surface area (Å²) in [5.74, 6) is 0.271. The standard InChI is InChI=1S/C24H32N2O4S/c1-6-30-23-12-11-22(15-19(23)4)31(28,29)26-13-7-8-20(16-26)24(27)25(5)21-10-9-17(2)18(3)14-21/h9-12,14-15,20H,6-8,13,16H2,1-5H3/t20-/m0/s1. The van der Waals surface area contributed by atoms with Gasteiger partial charge in [-0.25, -0.2) is 8.42 Å². The number of hydrogen-bond donors (Lipinski definition) is 0. The van der Waals surface area contributed by atoms with E-state index in [1.165, 1.54) is 9.87 Å². The molecule has 2 aromatic rings. The maximum absolute atomic E-state index is 13.3. The van der Waals surface area contributed by atoms with Crippen molar-refractivity contribution in [2.75, 3.05) is 31.6 Å². The average molecular weight is 445 g/mol. The van der Waals surface area contributed by atoms with E-state index in [0.717, 1.165) is 16.8 Å². The van der Waals surface area contributed by atoms with E-state index in [4.69, 9.17) is 4.74 Å². The van der Waals surface area contributed by atoms with Crippen molar-refractivity contribution in [3.05, 3.63) is 53.1 Å². The molecule has 0 bridgehead atoms. The second kappa shape index (κ2) is 9.40. The predicted octanol–water partition coefficient (Wildman–Crippen LogP) is 4.07. The largest absolute Gasteiger partial charge is 0.494 e. The number of carbonyl (C=O) groups is 1. The van der Waals surface area contributed by atoms with Gasteiger partial charge in [0.15, 0.2) is 0 Å². The van der Waals surface area contributed by atoms with Gasteiger partial charge in [-0.3, -0.25) is 4.79 Å². The fraction of sp³-hybridized carbons (Fsp3) is 0.458. The molecular formula is C24H32N2O4S. The van der Waals surface area contributed by atoms with Crippen LogP contribution in [-0.4, -0.2) is 45.4 Å². The first-order valence-corrected chi connectivity index (χ1v) is 12.2. The highest BCUT2D eigenvalue weighted by atomic mass is 32.2. The molecule has 0 N–H and O–H groups in total. The lowest BCUT2D eigenvalue weighted by atomic mass is 9.98. The van der Waals surface area contributed by atoms with Crippen LogP contribution in [0.3, 0.4) is 0 Å². The molecule has 1 aliphatic heterocycles. The van der Waals surface area contributed by atoms with Crippen LogP contribution in [0.4, 0.5) is 5.69 Å². The molecule has 0 saturated carbocycles. The van der Waals surface area contributed by atoms with Gasteiger partial charge in [0.1, 0.15) is 5.75 Å². The van der Waals surface area contributed by atoms with Gasteiger partial charge < -0.3 is 9.64 Å². The second-order valence-electron chi connectivity index (χ2n) is 8.23. The zero-order valence-corrected chi connectivity index (χ0v) is 19.8. The quantitative estimate of drug-likeness (QED) is 0.674. The number of ether oxygens (including phenoxy) is 1. The Kier molecular flexibility index (Phi) is 7.06. The minimum absolute atomic E-state index is 0.0500. The van der Waals surface area contributed by atoms with Gasteiger partial charge in [0.05, 0.1) is 17.4 Å². The van der Waals surface area contributed by atoms with Crippen LogP contribution in [0.1, 0.15) is 36.5 Å². The number of rotatable bonds is 6. The summed E-state index contributed by atoms with van der Waals surface area (Å²) in [5.41, 5.74) is 3.90.